The van der Waals surface area contributed by atoms with Gasteiger partial charge >= 0.3 is 0 Å². The van der Waals surface area contributed by atoms with Crippen molar-refractivity contribution in [3.05, 3.63) is 33.9 Å². The van der Waals surface area contributed by atoms with Crippen molar-refractivity contribution in [3.63, 3.8) is 0 Å². The minimum Gasteiger partial charge on any atom is -0.482 e. The number of nitro benzene ring substituents is 1. The number of Topliss-reactive ketones (excluding diaryl/α,β-unsaturated/α-hetero) is 1. The smallest absolute Gasteiger partial charge is 0.269 e. The molecular formula is C10H9NO4. The van der Waals surface area contributed by atoms with E-state index in [9.17, 15) is 14.9 Å². The van der Waals surface area contributed by atoms with Gasteiger partial charge in [-0.25, -0.2) is 0 Å². The Morgan fingerprint density at radius 2 is 2.33 bits per heavy atom. The Morgan fingerprint density at radius 3 is 2.93 bits per heavy atom. The monoisotopic (exact) mass is 207 g/mol. The molecule has 15 heavy (non-hydrogen) atoms. The third-order valence-electron chi connectivity index (χ3n) is 2.38. The van der Waals surface area contributed by atoms with Crippen LogP contribution in [0.15, 0.2) is 18.2 Å². The van der Waals surface area contributed by atoms with Crippen molar-refractivity contribution in [3.8, 4) is 5.75 Å². The lowest BCUT2D eigenvalue weighted by Crippen LogP contribution is -2.21. The van der Waals surface area contributed by atoms with Gasteiger partial charge in [0.05, 0.1) is 4.92 Å². The van der Waals surface area contributed by atoms with Gasteiger partial charge < -0.3 is 4.74 Å². The van der Waals surface area contributed by atoms with E-state index >= 15 is 0 Å². The molecule has 1 heterocycles. The second-order valence-corrected chi connectivity index (χ2v) is 3.47. The summed E-state index contributed by atoms with van der Waals surface area (Å²) in [5.41, 5.74) is 0.756. The molecule has 1 aromatic carbocycles. The predicted molar refractivity (Wildman–Crippen MR) is 51.9 cm³/mol. The molecule has 1 aliphatic heterocycles. The molecule has 0 aromatic heterocycles. The Balaban J connectivity index is 2.31. The highest BCUT2D eigenvalue weighted by atomic mass is 16.6. The number of ether oxygens (including phenoxy) is 1. The summed E-state index contributed by atoms with van der Waals surface area (Å²) in [6, 6.07) is 4.37. The van der Waals surface area contributed by atoms with Crippen LogP contribution >= 0.6 is 0 Å². The number of fused-ring (bicyclic) bond motifs is 1. The maximum Gasteiger partial charge on any atom is 0.269 e. The van der Waals surface area contributed by atoms with Gasteiger partial charge in [-0.3, -0.25) is 14.9 Å². The van der Waals surface area contributed by atoms with E-state index in [4.69, 9.17) is 4.74 Å². The van der Waals surface area contributed by atoms with Crippen molar-refractivity contribution in [2.45, 2.75) is 19.4 Å². The summed E-state index contributed by atoms with van der Waals surface area (Å²) in [4.78, 5) is 21.1. The van der Waals surface area contributed by atoms with Crippen molar-refractivity contribution < 1.29 is 14.5 Å². The fourth-order valence-corrected chi connectivity index (χ4v) is 1.58. The van der Waals surface area contributed by atoms with Crippen LogP contribution in [0.1, 0.15) is 12.5 Å². The van der Waals surface area contributed by atoms with Crippen molar-refractivity contribution >= 4 is 11.5 Å². The number of ketones is 1. The topological polar surface area (TPSA) is 69.4 Å². The maximum absolute atomic E-state index is 11.1. The average molecular weight is 207 g/mol. The molecule has 0 fully saturated rings. The van der Waals surface area contributed by atoms with E-state index in [1.165, 1.54) is 25.1 Å². The van der Waals surface area contributed by atoms with E-state index in [1.54, 1.807) is 0 Å². The molecule has 0 bridgehead atoms. The van der Waals surface area contributed by atoms with Crippen LogP contribution in [0.2, 0.25) is 0 Å². The van der Waals surface area contributed by atoms with Gasteiger partial charge in [-0.1, -0.05) is 0 Å². The first-order valence-electron chi connectivity index (χ1n) is 4.52. The van der Waals surface area contributed by atoms with Gasteiger partial charge in [0.2, 0.25) is 0 Å². The number of carbonyl (C=O) groups is 1. The highest BCUT2D eigenvalue weighted by Gasteiger charge is 2.27. The second kappa shape index (κ2) is 3.34. The summed E-state index contributed by atoms with van der Waals surface area (Å²) >= 11 is 0. The van der Waals surface area contributed by atoms with Gasteiger partial charge in [0.15, 0.2) is 11.9 Å². The van der Waals surface area contributed by atoms with Crippen LogP contribution in [0.5, 0.6) is 5.75 Å². The number of nitro groups is 1. The predicted octanol–water partition coefficient (Wildman–Crippen LogP) is 1.49. The standard InChI is InChI=1S/C10H9NO4/c1-6(12)10-5-7-4-8(11(13)14)2-3-9(7)15-10/h2-4,10H,5H2,1H3. The highest BCUT2D eigenvalue weighted by Crippen LogP contribution is 2.31. The lowest BCUT2D eigenvalue weighted by atomic mass is 10.1. The molecule has 0 saturated heterocycles. The summed E-state index contributed by atoms with van der Waals surface area (Å²) in [5, 5.41) is 10.5. The van der Waals surface area contributed by atoms with Gasteiger partial charge in [-0.15, -0.1) is 0 Å². The van der Waals surface area contributed by atoms with Gasteiger partial charge in [-0.2, -0.15) is 0 Å². The normalized spacial score (nSPS) is 18.1. The van der Waals surface area contributed by atoms with Gasteiger partial charge in [-0.05, 0) is 13.0 Å². The third-order valence-corrected chi connectivity index (χ3v) is 2.38. The lowest BCUT2D eigenvalue weighted by molar-refractivity contribution is -0.384. The molecule has 2 rings (SSSR count). The number of benzene rings is 1. The van der Waals surface area contributed by atoms with E-state index in [-0.39, 0.29) is 11.5 Å². The molecular weight excluding hydrogens is 198 g/mol. The largest absolute Gasteiger partial charge is 0.482 e. The minimum atomic E-state index is -0.484. The molecule has 5 heteroatoms. The van der Waals surface area contributed by atoms with Crippen LogP contribution < -0.4 is 4.74 Å². The molecule has 0 amide bonds. The summed E-state index contributed by atoms with van der Waals surface area (Å²) in [5.74, 6) is 0.509. The van der Waals surface area contributed by atoms with E-state index in [1.807, 2.05) is 0 Å². The van der Waals surface area contributed by atoms with Crippen LogP contribution in [0.4, 0.5) is 5.69 Å². The van der Waals surface area contributed by atoms with Crippen molar-refractivity contribution in [1.29, 1.82) is 0 Å². The Hall–Kier alpha value is -1.91. The molecule has 0 N–H and O–H groups in total. The number of non-ortho nitro benzene ring substituents is 1. The van der Waals surface area contributed by atoms with Crippen LogP contribution in [0.25, 0.3) is 0 Å². The summed E-state index contributed by atoms with van der Waals surface area (Å²) in [6.45, 7) is 1.45. The number of hydrogen-bond donors (Lipinski definition) is 0. The van der Waals surface area contributed by atoms with E-state index < -0.39 is 11.0 Å². The van der Waals surface area contributed by atoms with Crippen LogP contribution in [0.3, 0.4) is 0 Å². The molecule has 0 radical (unpaired) electrons. The molecule has 1 atom stereocenters. The van der Waals surface area contributed by atoms with Crippen molar-refractivity contribution in [2.75, 3.05) is 0 Å². The number of nitrogens with zero attached hydrogens (tertiary/aromatic N) is 1. The third kappa shape index (κ3) is 1.68. The average Bonchev–Trinajstić information content (AvgIpc) is 2.59. The van der Waals surface area contributed by atoms with Crippen LogP contribution in [-0.2, 0) is 11.2 Å². The zero-order valence-corrected chi connectivity index (χ0v) is 8.10. The fourth-order valence-electron chi connectivity index (χ4n) is 1.58. The lowest BCUT2D eigenvalue weighted by Gasteiger charge is -2.04. The van der Waals surface area contributed by atoms with Crippen molar-refractivity contribution in [2.24, 2.45) is 0 Å². The molecule has 1 unspecified atom stereocenters. The van der Waals surface area contributed by atoms with E-state index in [0.717, 1.165) is 5.56 Å². The molecule has 78 valence electrons. The zero-order valence-electron chi connectivity index (χ0n) is 8.10. The van der Waals surface area contributed by atoms with E-state index in [2.05, 4.69) is 0 Å². The molecule has 0 saturated carbocycles. The number of hydrogen-bond acceptors (Lipinski definition) is 4. The maximum atomic E-state index is 11.1. The Morgan fingerprint density at radius 1 is 1.60 bits per heavy atom. The van der Waals surface area contributed by atoms with Crippen LogP contribution in [-0.4, -0.2) is 16.8 Å². The second-order valence-electron chi connectivity index (χ2n) is 3.47. The van der Waals surface area contributed by atoms with Gasteiger partial charge in [0, 0.05) is 24.1 Å². The first kappa shape index (κ1) is 9.64. The van der Waals surface area contributed by atoms with Gasteiger partial charge in [0.1, 0.15) is 5.75 Å². The fraction of sp³-hybridized carbons (Fsp3) is 0.300. The Bertz CT molecular complexity index is 441. The summed E-state index contributed by atoms with van der Waals surface area (Å²) in [7, 11) is 0. The minimum absolute atomic E-state index is 0.0292. The first-order chi connectivity index (χ1) is 7.08. The summed E-state index contributed by atoms with van der Waals surface area (Å²) in [6.07, 6.45) is -0.0613. The first-order valence-corrected chi connectivity index (χ1v) is 4.52. The molecule has 1 aromatic rings. The van der Waals surface area contributed by atoms with Crippen molar-refractivity contribution in [1.82, 2.24) is 0 Å². The van der Waals surface area contributed by atoms with Gasteiger partial charge in [0.25, 0.3) is 5.69 Å². The quantitative estimate of drug-likeness (QED) is 0.544. The number of carbonyl (C=O) groups excluding carboxylic acids is 1. The molecule has 0 aliphatic carbocycles. The molecule has 1 aliphatic rings. The van der Waals surface area contributed by atoms with Crippen LogP contribution in [0, 0.1) is 10.1 Å². The zero-order chi connectivity index (χ0) is 11.0. The summed E-state index contributed by atoms with van der Waals surface area (Å²) < 4.78 is 5.33. The SMILES string of the molecule is CC(=O)C1Cc2cc([N+](=O)[O-])ccc2O1. The molecule has 5 nitrogen and oxygen atoms in total. The Kier molecular flexibility index (Phi) is 2.15. The van der Waals surface area contributed by atoms with E-state index in [0.29, 0.717) is 12.2 Å². The highest BCUT2D eigenvalue weighted by molar-refractivity contribution is 5.82. The molecule has 0 spiro atoms. The number of rotatable bonds is 2. The Labute approximate surface area is 85.8 Å².